The van der Waals surface area contributed by atoms with Crippen molar-refractivity contribution in [3.63, 3.8) is 0 Å². The van der Waals surface area contributed by atoms with E-state index in [2.05, 4.69) is 0 Å². The van der Waals surface area contributed by atoms with Gasteiger partial charge in [0.05, 0.1) is 17.2 Å². The van der Waals surface area contributed by atoms with E-state index in [1.807, 2.05) is 85.8 Å². The molecule has 0 radical (unpaired) electrons. The second kappa shape index (κ2) is 8.66. The molecule has 1 fully saturated rings. The monoisotopic (exact) mass is 489 g/mol. The van der Waals surface area contributed by atoms with Crippen LogP contribution in [0.2, 0.25) is 0 Å². The number of sulfone groups is 1. The van der Waals surface area contributed by atoms with E-state index in [0.717, 1.165) is 22.3 Å². The van der Waals surface area contributed by atoms with Crippen LogP contribution in [0.5, 0.6) is 0 Å². The number of hydrogen-bond donors (Lipinski definition) is 1. The maximum absolute atomic E-state index is 13.4. The molecule has 0 amide bonds. The molecule has 6 nitrogen and oxygen atoms in total. The Hall–Kier alpha value is -3.42. The van der Waals surface area contributed by atoms with Gasteiger partial charge in [0, 0.05) is 12.6 Å². The number of carboxylic acid groups (broad SMARTS) is 1. The van der Waals surface area contributed by atoms with Gasteiger partial charge in [-0.3, -0.25) is 4.79 Å². The Bertz CT molecular complexity index is 1390. The molecule has 3 aromatic rings. The molecule has 1 aliphatic heterocycles. The van der Waals surface area contributed by atoms with E-state index >= 15 is 0 Å². The second-order valence-corrected chi connectivity index (χ2v) is 11.3. The molecule has 0 saturated heterocycles. The highest BCUT2D eigenvalue weighted by Gasteiger charge is 2.51. The lowest BCUT2D eigenvalue weighted by Crippen LogP contribution is -2.26. The number of aliphatic carboxylic acids is 1. The first-order valence-electron chi connectivity index (χ1n) is 11.6. The van der Waals surface area contributed by atoms with E-state index < -0.39 is 27.3 Å². The van der Waals surface area contributed by atoms with Crippen LogP contribution in [0.25, 0.3) is 16.9 Å². The Morgan fingerprint density at radius 2 is 1.49 bits per heavy atom. The first kappa shape index (κ1) is 23.3. The third kappa shape index (κ3) is 4.26. The molecule has 1 unspecified atom stereocenters. The Morgan fingerprint density at radius 1 is 0.943 bits per heavy atom. The summed E-state index contributed by atoms with van der Waals surface area (Å²) in [5, 5.41) is 11.1. The smallest absolute Gasteiger partial charge is 0.314 e. The Kier molecular flexibility index (Phi) is 5.77. The summed E-state index contributed by atoms with van der Waals surface area (Å²) in [4.78, 5) is 17.8. The number of hydrogen-bond acceptors (Lipinski definition) is 5. The molecule has 2 aliphatic rings. The largest absolute Gasteiger partial charge is 0.481 e. The fourth-order valence-electron chi connectivity index (χ4n) is 4.64. The van der Waals surface area contributed by atoms with Gasteiger partial charge in [0.15, 0.2) is 15.6 Å². The van der Waals surface area contributed by atoms with E-state index in [-0.39, 0.29) is 10.7 Å². The maximum Gasteiger partial charge on any atom is 0.314 e. The van der Waals surface area contributed by atoms with Gasteiger partial charge in [-0.25, -0.2) is 8.42 Å². The van der Waals surface area contributed by atoms with Gasteiger partial charge in [-0.15, -0.1) is 5.06 Å². The number of likely N-dealkylation sites (N-methyl/N-ethyl adjacent to an activating group) is 1. The van der Waals surface area contributed by atoms with Gasteiger partial charge in [0.1, 0.15) is 4.91 Å². The topological polar surface area (TPSA) is 83.9 Å². The molecule has 0 aromatic heterocycles. The van der Waals surface area contributed by atoms with Crippen LogP contribution in [0.1, 0.15) is 36.5 Å². The quantitative estimate of drug-likeness (QED) is 0.502. The molecule has 0 bridgehead atoms. The van der Waals surface area contributed by atoms with Gasteiger partial charge >= 0.3 is 5.97 Å². The number of carboxylic acids is 1. The molecular weight excluding hydrogens is 462 g/mol. The van der Waals surface area contributed by atoms with E-state index in [4.69, 9.17) is 4.84 Å². The molecule has 1 heterocycles. The highest BCUT2D eigenvalue weighted by Crippen LogP contribution is 2.48. The van der Waals surface area contributed by atoms with Crippen molar-refractivity contribution in [2.24, 2.45) is 0 Å². The highest BCUT2D eigenvalue weighted by molar-refractivity contribution is 7.94. The van der Waals surface area contributed by atoms with Crippen molar-refractivity contribution in [2.75, 3.05) is 7.05 Å². The zero-order valence-electron chi connectivity index (χ0n) is 19.6. The predicted octanol–water partition coefficient (Wildman–Crippen LogP) is 5.02. The van der Waals surface area contributed by atoms with Gasteiger partial charge in [-0.2, -0.15) is 0 Å². The molecule has 1 N–H and O–H groups in total. The summed E-state index contributed by atoms with van der Waals surface area (Å²) in [6, 6.07) is 24.0. The van der Waals surface area contributed by atoms with Gasteiger partial charge < -0.3 is 9.94 Å². The standard InChI is InChI=1S/C28H27NO5S/c1-19-26(35(32,33)18-20-6-4-3-5-7-20)25(34-29(19)2)23-10-8-21(9-11-23)22-12-14-24(15-13-22)28(16-17-28)27(30)31/h3-15,19H,16-18H2,1-2H3,(H,30,31). The fraction of sp³-hybridized carbons (Fsp3) is 0.250. The first-order valence-corrected chi connectivity index (χ1v) is 13.2. The van der Waals surface area contributed by atoms with Crippen LogP contribution in [0.3, 0.4) is 0 Å². The fourth-order valence-corrected chi connectivity index (χ4v) is 6.53. The van der Waals surface area contributed by atoms with Crippen molar-refractivity contribution in [1.29, 1.82) is 0 Å². The van der Waals surface area contributed by atoms with E-state index in [1.165, 1.54) is 0 Å². The predicted molar refractivity (Wildman–Crippen MR) is 135 cm³/mol. The van der Waals surface area contributed by atoms with Gasteiger partial charge in [0.2, 0.25) is 0 Å². The van der Waals surface area contributed by atoms with Crippen molar-refractivity contribution in [3.05, 3.63) is 100 Å². The van der Waals surface area contributed by atoms with Crippen LogP contribution >= 0.6 is 0 Å². The molecule has 7 heteroatoms. The third-order valence-corrected chi connectivity index (χ3v) is 8.91. The van der Waals surface area contributed by atoms with Crippen molar-refractivity contribution in [1.82, 2.24) is 5.06 Å². The number of nitrogens with zero attached hydrogens (tertiary/aromatic N) is 1. The minimum absolute atomic E-state index is 0.0868. The van der Waals surface area contributed by atoms with Gasteiger partial charge in [0.25, 0.3) is 0 Å². The van der Waals surface area contributed by atoms with Crippen LogP contribution in [0.4, 0.5) is 0 Å². The SMILES string of the molecule is CC1C(S(=O)(=O)Cc2ccccc2)=C(c2ccc(-c3ccc(C4(C(=O)O)CC4)cc3)cc2)ON1C. The van der Waals surface area contributed by atoms with E-state index in [1.54, 1.807) is 12.1 Å². The summed E-state index contributed by atoms with van der Waals surface area (Å²) < 4.78 is 26.8. The van der Waals surface area contributed by atoms with Crippen molar-refractivity contribution in [2.45, 2.75) is 37.0 Å². The zero-order valence-corrected chi connectivity index (χ0v) is 20.5. The highest BCUT2D eigenvalue weighted by atomic mass is 32.2. The second-order valence-electron chi connectivity index (χ2n) is 9.29. The lowest BCUT2D eigenvalue weighted by Gasteiger charge is -2.15. The molecule has 0 spiro atoms. The van der Waals surface area contributed by atoms with Crippen LogP contribution in [0.15, 0.2) is 83.8 Å². The summed E-state index contributed by atoms with van der Waals surface area (Å²) in [5.74, 6) is -0.497. The molecule has 5 rings (SSSR count). The van der Waals surface area contributed by atoms with Crippen molar-refractivity contribution >= 4 is 21.6 Å². The Labute approximate surface area is 205 Å². The molecule has 1 saturated carbocycles. The van der Waals surface area contributed by atoms with E-state index in [0.29, 0.717) is 24.2 Å². The average Bonchev–Trinajstić information content (AvgIpc) is 3.61. The Balaban J connectivity index is 1.44. The molecule has 1 aliphatic carbocycles. The van der Waals surface area contributed by atoms with Gasteiger partial charge in [-0.05, 0) is 42.0 Å². The number of benzene rings is 3. The minimum Gasteiger partial charge on any atom is -0.481 e. The molecule has 3 aromatic carbocycles. The summed E-state index contributed by atoms with van der Waals surface area (Å²) in [7, 11) is -1.88. The number of hydroxylamine groups is 2. The van der Waals surface area contributed by atoms with Crippen LogP contribution in [-0.2, 0) is 30.6 Å². The lowest BCUT2D eigenvalue weighted by molar-refractivity contribution is -0.140. The summed E-state index contributed by atoms with van der Waals surface area (Å²) in [6.45, 7) is 1.82. The van der Waals surface area contributed by atoms with Crippen LogP contribution < -0.4 is 0 Å². The van der Waals surface area contributed by atoms with Gasteiger partial charge in [-0.1, -0.05) is 78.9 Å². The Morgan fingerprint density at radius 3 is 2.03 bits per heavy atom. The normalized spacial score (nSPS) is 19.4. The van der Waals surface area contributed by atoms with Crippen LogP contribution in [-0.4, -0.2) is 37.6 Å². The average molecular weight is 490 g/mol. The minimum atomic E-state index is -3.61. The molecule has 180 valence electrons. The number of rotatable bonds is 7. The van der Waals surface area contributed by atoms with Crippen molar-refractivity contribution < 1.29 is 23.2 Å². The summed E-state index contributed by atoms with van der Waals surface area (Å²) in [5.41, 5.74) is 3.45. The summed E-state index contributed by atoms with van der Waals surface area (Å²) in [6.07, 6.45) is 1.35. The number of carbonyl (C=O) groups is 1. The lowest BCUT2D eigenvalue weighted by atomic mass is 9.93. The summed E-state index contributed by atoms with van der Waals surface area (Å²) >= 11 is 0. The first-order chi connectivity index (χ1) is 16.7. The molecular formula is C28H27NO5S. The molecule has 1 atom stereocenters. The molecule has 35 heavy (non-hydrogen) atoms. The third-order valence-electron chi connectivity index (χ3n) is 7.00. The van der Waals surface area contributed by atoms with Crippen LogP contribution in [0, 0.1) is 0 Å². The van der Waals surface area contributed by atoms with E-state index in [9.17, 15) is 18.3 Å². The van der Waals surface area contributed by atoms with Crippen molar-refractivity contribution in [3.8, 4) is 11.1 Å². The zero-order chi connectivity index (χ0) is 24.8. The maximum atomic E-state index is 13.4.